The molecule has 0 saturated carbocycles. The van der Waals surface area contributed by atoms with E-state index in [1.54, 1.807) is 0 Å². The van der Waals surface area contributed by atoms with Crippen LogP contribution >= 0.6 is 15.9 Å². The fourth-order valence-corrected chi connectivity index (χ4v) is 2.37. The highest BCUT2D eigenvalue weighted by Gasteiger charge is 2.35. The molecule has 1 aliphatic heterocycles. The lowest BCUT2D eigenvalue weighted by Gasteiger charge is -2.17. The topological polar surface area (TPSA) is 57.6 Å². The van der Waals surface area contributed by atoms with Crippen LogP contribution in [0.25, 0.3) is 0 Å². The van der Waals surface area contributed by atoms with E-state index in [-0.39, 0.29) is 18.9 Å². The monoisotopic (exact) mass is 301 g/mol. The van der Waals surface area contributed by atoms with Gasteiger partial charge in [0.1, 0.15) is 5.82 Å². The van der Waals surface area contributed by atoms with Gasteiger partial charge in [0.05, 0.1) is 11.6 Å². The van der Waals surface area contributed by atoms with Gasteiger partial charge >= 0.3 is 5.97 Å². The SMILES string of the molecule is O=C(O)C1CC(=O)N(c2ccc(F)cc2Br)C1. The number of halogens is 2. The number of amides is 1. The second kappa shape index (κ2) is 4.44. The Kier molecular flexibility index (Phi) is 3.15. The largest absolute Gasteiger partial charge is 0.481 e. The maximum atomic E-state index is 12.9. The van der Waals surface area contributed by atoms with Gasteiger partial charge in [0.2, 0.25) is 5.91 Å². The lowest BCUT2D eigenvalue weighted by Crippen LogP contribution is -2.26. The van der Waals surface area contributed by atoms with E-state index in [1.165, 1.54) is 23.1 Å². The highest BCUT2D eigenvalue weighted by atomic mass is 79.9. The number of nitrogens with zero attached hydrogens (tertiary/aromatic N) is 1. The van der Waals surface area contributed by atoms with Crippen LogP contribution in [0.15, 0.2) is 22.7 Å². The van der Waals surface area contributed by atoms with Gasteiger partial charge in [0, 0.05) is 17.4 Å². The van der Waals surface area contributed by atoms with Crippen LogP contribution in [-0.4, -0.2) is 23.5 Å². The number of carboxylic acid groups (broad SMARTS) is 1. The molecule has 17 heavy (non-hydrogen) atoms. The van der Waals surface area contributed by atoms with Gasteiger partial charge in [-0.25, -0.2) is 4.39 Å². The minimum absolute atomic E-state index is 0.0147. The van der Waals surface area contributed by atoms with Gasteiger partial charge in [0.15, 0.2) is 0 Å². The first kappa shape index (κ1) is 12.0. The van der Waals surface area contributed by atoms with Crippen molar-refractivity contribution in [1.82, 2.24) is 0 Å². The Morgan fingerprint density at radius 3 is 2.76 bits per heavy atom. The van der Waals surface area contributed by atoms with Crippen molar-refractivity contribution < 1.29 is 19.1 Å². The van der Waals surface area contributed by atoms with Crippen molar-refractivity contribution in [2.75, 3.05) is 11.4 Å². The Morgan fingerprint density at radius 1 is 1.53 bits per heavy atom. The summed E-state index contributed by atoms with van der Waals surface area (Å²) >= 11 is 3.16. The molecule has 0 radical (unpaired) electrons. The average Bonchev–Trinajstić information content (AvgIpc) is 2.61. The highest BCUT2D eigenvalue weighted by Crippen LogP contribution is 2.31. The smallest absolute Gasteiger partial charge is 0.308 e. The zero-order valence-corrected chi connectivity index (χ0v) is 10.3. The molecule has 1 atom stereocenters. The predicted octanol–water partition coefficient (Wildman–Crippen LogP) is 2.03. The molecule has 1 saturated heterocycles. The lowest BCUT2D eigenvalue weighted by atomic mass is 10.1. The Balaban J connectivity index is 2.29. The molecule has 1 unspecified atom stereocenters. The number of hydrogen-bond acceptors (Lipinski definition) is 2. The van der Waals surface area contributed by atoms with Gasteiger partial charge in [-0.3, -0.25) is 9.59 Å². The molecule has 1 fully saturated rings. The second-order valence-electron chi connectivity index (χ2n) is 3.84. The number of hydrogen-bond donors (Lipinski definition) is 1. The lowest BCUT2D eigenvalue weighted by molar-refractivity contribution is -0.141. The normalized spacial score (nSPS) is 19.8. The van der Waals surface area contributed by atoms with E-state index in [9.17, 15) is 14.0 Å². The molecule has 1 aromatic rings. The average molecular weight is 302 g/mol. The van der Waals surface area contributed by atoms with Gasteiger partial charge in [-0.05, 0) is 34.1 Å². The summed E-state index contributed by atoms with van der Waals surface area (Å²) in [5.74, 6) is -2.36. The molecule has 2 rings (SSSR count). The maximum absolute atomic E-state index is 12.9. The number of rotatable bonds is 2. The van der Waals surface area contributed by atoms with Crippen LogP contribution in [0.3, 0.4) is 0 Å². The van der Waals surface area contributed by atoms with Gasteiger partial charge in [-0.1, -0.05) is 0 Å². The number of carboxylic acids is 1. The van der Waals surface area contributed by atoms with Gasteiger partial charge in [-0.2, -0.15) is 0 Å². The maximum Gasteiger partial charge on any atom is 0.308 e. The number of aliphatic carboxylic acids is 1. The molecule has 0 aromatic heterocycles. The quantitative estimate of drug-likeness (QED) is 0.909. The summed E-state index contributed by atoms with van der Waals surface area (Å²) < 4.78 is 13.4. The summed E-state index contributed by atoms with van der Waals surface area (Å²) in [6.45, 7) is 0.123. The van der Waals surface area contributed by atoms with Crippen molar-refractivity contribution >= 4 is 33.5 Å². The first-order valence-corrected chi connectivity index (χ1v) is 5.76. The molecule has 0 bridgehead atoms. The number of carbonyl (C=O) groups excluding carboxylic acids is 1. The summed E-state index contributed by atoms with van der Waals surface area (Å²) in [7, 11) is 0. The van der Waals surface area contributed by atoms with Gasteiger partial charge in [0.25, 0.3) is 0 Å². The van der Waals surface area contributed by atoms with Crippen LogP contribution in [0, 0.1) is 11.7 Å². The van der Waals surface area contributed by atoms with E-state index >= 15 is 0 Å². The number of carbonyl (C=O) groups is 2. The van der Waals surface area contributed by atoms with E-state index in [2.05, 4.69) is 15.9 Å². The zero-order chi connectivity index (χ0) is 12.6. The van der Waals surface area contributed by atoms with Crippen molar-refractivity contribution in [2.24, 2.45) is 5.92 Å². The molecular formula is C11H9BrFNO3. The van der Waals surface area contributed by atoms with Gasteiger partial charge in [-0.15, -0.1) is 0 Å². The summed E-state index contributed by atoms with van der Waals surface area (Å²) in [6.07, 6.45) is -0.0147. The molecule has 1 aromatic carbocycles. The Bertz CT molecular complexity index is 492. The van der Waals surface area contributed by atoms with E-state index < -0.39 is 17.7 Å². The summed E-state index contributed by atoms with van der Waals surface area (Å²) in [4.78, 5) is 23.9. The van der Waals surface area contributed by atoms with Crippen molar-refractivity contribution in [3.8, 4) is 0 Å². The van der Waals surface area contributed by atoms with Crippen LogP contribution in [0.2, 0.25) is 0 Å². The van der Waals surface area contributed by atoms with Crippen LogP contribution in [0.4, 0.5) is 10.1 Å². The highest BCUT2D eigenvalue weighted by molar-refractivity contribution is 9.10. The molecule has 4 nitrogen and oxygen atoms in total. The predicted molar refractivity (Wildman–Crippen MR) is 62.2 cm³/mol. The molecule has 1 heterocycles. The summed E-state index contributed by atoms with van der Waals surface area (Å²) in [6, 6.07) is 3.94. The Labute approximate surface area is 105 Å². The fourth-order valence-electron chi connectivity index (χ4n) is 1.81. The molecule has 90 valence electrons. The fraction of sp³-hybridized carbons (Fsp3) is 0.273. The van der Waals surface area contributed by atoms with Crippen LogP contribution in [0.1, 0.15) is 6.42 Å². The van der Waals surface area contributed by atoms with Crippen LogP contribution < -0.4 is 4.90 Å². The van der Waals surface area contributed by atoms with E-state index in [0.29, 0.717) is 10.2 Å². The standard InChI is InChI=1S/C11H9BrFNO3/c12-8-4-7(13)1-2-9(8)14-5-6(11(16)17)3-10(14)15/h1-2,4,6H,3,5H2,(H,16,17). The Morgan fingerprint density at radius 2 is 2.24 bits per heavy atom. The van der Waals surface area contributed by atoms with Gasteiger partial charge < -0.3 is 10.0 Å². The first-order valence-electron chi connectivity index (χ1n) is 4.97. The molecule has 1 aliphatic rings. The van der Waals surface area contributed by atoms with E-state index in [4.69, 9.17) is 5.11 Å². The molecule has 1 amide bonds. The summed E-state index contributed by atoms with van der Waals surface area (Å²) in [5, 5.41) is 8.86. The molecule has 0 aliphatic carbocycles. The van der Waals surface area contributed by atoms with E-state index in [0.717, 1.165) is 0 Å². The minimum atomic E-state index is -0.987. The molecule has 0 spiro atoms. The van der Waals surface area contributed by atoms with Crippen LogP contribution in [-0.2, 0) is 9.59 Å². The van der Waals surface area contributed by atoms with Crippen molar-refractivity contribution in [1.29, 1.82) is 0 Å². The molecule has 6 heteroatoms. The third-order valence-electron chi connectivity index (χ3n) is 2.67. The first-order chi connectivity index (χ1) is 7.99. The molecular weight excluding hydrogens is 293 g/mol. The Hall–Kier alpha value is -1.43. The zero-order valence-electron chi connectivity index (χ0n) is 8.69. The minimum Gasteiger partial charge on any atom is -0.481 e. The van der Waals surface area contributed by atoms with E-state index in [1.807, 2.05) is 0 Å². The second-order valence-corrected chi connectivity index (χ2v) is 4.69. The van der Waals surface area contributed by atoms with Crippen molar-refractivity contribution in [3.05, 3.63) is 28.5 Å². The third kappa shape index (κ3) is 2.31. The third-order valence-corrected chi connectivity index (χ3v) is 3.31. The summed E-state index contributed by atoms with van der Waals surface area (Å²) in [5.41, 5.74) is 0.500. The van der Waals surface area contributed by atoms with Crippen LogP contribution in [0.5, 0.6) is 0 Å². The van der Waals surface area contributed by atoms with Crippen molar-refractivity contribution in [3.63, 3.8) is 0 Å². The number of benzene rings is 1. The number of anilines is 1. The molecule has 1 N–H and O–H groups in total. The van der Waals surface area contributed by atoms with Crippen molar-refractivity contribution in [2.45, 2.75) is 6.42 Å².